The van der Waals surface area contributed by atoms with E-state index in [-0.39, 0.29) is 49.3 Å². The van der Waals surface area contributed by atoms with Crippen molar-refractivity contribution >= 4 is 11.8 Å². The molecule has 164 valence electrons. The zero-order chi connectivity index (χ0) is 20.9. The van der Waals surface area contributed by atoms with Crippen LogP contribution in [0.1, 0.15) is 51.4 Å². The van der Waals surface area contributed by atoms with Gasteiger partial charge in [-0.3, -0.25) is 9.59 Å². The number of carbonyl (C=O) groups is 2. The van der Waals surface area contributed by atoms with E-state index in [1.807, 2.05) is 0 Å². The molecule has 3 rings (SSSR count). The number of esters is 1. The smallest absolute Gasteiger partial charge is 0.309 e. The summed E-state index contributed by atoms with van der Waals surface area (Å²) in [5.74, 6) is -4.91. The Bertz CT molecular complexity index is 602. The van der Waals surface area contributed by atoms with Crippen LogP contribution in [0.2, 0.25) is 0 Å². The van der Waals surface area contributed by atoms with Crippen molar-refractivity contribution in [2.75, 3.05) is 20.3 Å². The van der Waals surface area contributed by atoms with Crippen molar-refractivity contribution in [2.45, 2.75) is 75.8 Å². The fraction of sp³-hybridized carbons (Fsp3) is 0.810. The summed E-state index contributed by atoms with van der Waals surface area (Å²) in [7, 11) is 1.43. The minimum atomic E-state index is -3.40. The van der Waals surface area contributed by atoms with E-state index in [0.29, 0.717) is 25.9 Å². The second-order valence-corrected chi connectivity index (χ2v) is 8.07. The van der Waals surface area contributed by atoms with Crippen LogP contribution < -0.4 is 0 Å². The molecular weight excluding hydrogens is 386 g/mol. The highest BCUT2D eigenvalue weighted by Gasteiger charge is 2.50. The zero-order valence-electron chi connectivity index (χ0n) is 16.8. The Hall–Kier alpha value is -1.38. The number of allylic oxidation sites excluding steroid dienone is 2. The summed E-state index contributed by atoms with van der Waals surface area (Å²) in [5.41, 5.74) is 0. The quantitative estimate of drug-likeness (QED) is 0.309. The van der Waals surface area contributed by atoms with Crippen LogP contribution in [0.5, 0.6) is 0 Å². The highest BCUT2D eigenvalue weighted by molar-refractivity contribution is 5.95. The van der Waals surface area contributed by atoms with Gasteiger partial charge in [0.05, 0.1) is 12.5 Å². The predicted molar refractivity (Wildman–Crippen MR) is 99.4 cm³/mol. The normalized spacial score (nSPS) is 32.5. The van der Waals surface area contributed by atoms with E-state index in [9.17, 15) is 18.4 Å². The van der Waals surface area contributed by atoms with E-state index in [4.69, 9.17) is 18.9 Å². The molecule has 29 heavy (non-hydrogen) atoms. The number of rotatable bonds is 10. The van der Waals surface area contributed by atoms with E-state index >= 15 is 0 Å². The molecule has 1 saturated carbocycles. The zero-order valence-corrected chi connectivity index (χ0v) is 16.8. The van der Waals surface area contributed by atoms with E-state index in [1.54, 1.807) is 0 Å². The van der Waals surface area contributed by atoms with Crippen molar-refractivity contribution in [1.29, 1.82) is 0 Å². The lowest BCUT2D eigenvalue weighted by Crippen LogP contribution is -2.31. The van der Waals surface area contributed by atoms with E-state index < -0.39 is 18.1 Å². The van der Waals surface area contributed by atoms with Gasteiger partial charge in [-0.25, -0.2) is 0 Å². The molecule has 0 amide bonds. The summed E-state index contributed by atoms with van der Waals surface area (Å²) in [5, 5.41) is 0. The highest BCUT2D eigenvalue weighted by Crippen LogP contribution is 2.45. The van der Waals surface area contributed by atoms with E-state index in [0.717, 1.165) is 25.3 Å². The van der Waals surface area contributed by atoms with Gasteiger partial charge in [-0.05, 0) is 44.1 Å². The molecule has 0 N–H and O–H groups in total. The number of ketones is 1. The first-order chi connectivity index (χ1) is 13.9. The Morgan fingerprint density at radius 1 is 1.34 bits per heavy atom. The number of hydrogen-bond donors (Lipinski definition) is 0. The van der Waals surface area contributed by atoms with Crippen molar-refractivity contribution in [3.63, 3.8) is 0 Å². The second kappa shape index (κ2) is 10.1. The van der Waals surface area contributed by atoms with Crippen molar-refractivity contribution in [2.24, 2.45) is 11.8 Å². The standard InChI is InChI=1S/C21H30F2O6/c1-26-10-5-9-21(22,23)18(24)7-4-6-14-15-12-19(25)28-17(15)13-16(14)29-20-8-2-3-11-27-20/h4,7,14-17,20H,2-3,5-6,8-13H2,1H3/b7-4+/t14-,15-,16-,17+,20?/m1/s1. The lowest BCUT2D eigenvalue weighted by atomic mass is 9.89. The van der Waals surface area contributed by atoms with Crippen LogP contribution in [0.3, 0.4) is 0 Å². The van der Waals surface area contributed by atoms with E-state index in [1.165, 1.54) is 13.2 Å². The first-order valence-electron chi connectivity index (χ1n) is 10.4. The molecule has 2 saturated heterocycles. The number of alkyl halides is 2. The molecule has 0 aromatic rings. The van der Waals surface area contributed by atoms with Crippen molar-refractivity contribution in [3.05, 3.63) is 12.2 Å². The van der Waals surface area contributed by atoms with Crippen LogP contribution in [0.15, 0.2) is 12.2 Å². The molecule has 8 heteroatoms. The third-order valence-corrected chi connectivity index (χ3v) is 6.00. The number of carbonyl (C=O) groups excluding carboxylic acids is 2. The molecule has 2 aliphatic heterocycles. The van der Waals surface area contributed by atoms with Gasteiger partial charge in [0.2, 0.25) is 5.78 Å². The van der Waals surface area contributed by atoms with Gasteiger partial charge in [0.15, 0.2) is 6.29 Å². The van der Waals surface area contributed by atoms with Crippen LogP contribution in [-0.2, 0) is 28.5 Å². The summed E-state index contributed by atoms with van der Waals surface area (Å²) in [6.45, 7) is 0.852. The van der Waals surface area contributed by atoms with Gasteiger partial charge < -0.3 is 18.9 Å². The monoisotopic (exact) mass is 416 g/mol. The Labute approximate surface area is 169 Å². The molecule has 6 nitrogen and oxygen atoms in total. The van der Waals surface area contributed by atoms with Gasteiger partial charge in [-0.15, -0.1) is 0 Å². The van der Waals surface area contributed by atoms with Crippen LogP contribution in [-0.4, -0.2) is 56.5 Å². The van der Waals surface area contributed by atoms with Crippen molar-refractivity contribution in [1.82, 2.24) is 0 Å². The number of ether oxygens (including phenoxy) is 4. The third-order valence-electron chi connectivity index (χ3n) is 6.00. The summed E-state index contributed by atoms with van der Waals surface area (Å²) < 4.78 is 49.8. The average molecular weight is 416 g/mol. The lowest BCUT2D eigenvalue weighted by Gasteiger charge is -2.29. The summed E-state index contributed by atoms with van der Waals surface area (Å²) >= 11 is 0. The summed E-state index contributed by atoms with van der Waals surface area (Å²) in [6, 6.07) is 0. The summed E-state index contributed by atoms with van der Waals surface area (Å²) in [4.78, 5) is 23.6. The topological polar surface area (TPSA) is 71.1 Å². The molecule has 0 aromatic heterocycles. The minimum absolute atomic E-state index is 0.0157. The van der Waals surface area contributed by atoms with Gasteiger partial charge >= 0.3 is 11.9 Å². The molecule has 0 aromatic carbocycles. The molecule has 2 heterocycles. The van der Waals surface area contributed by atoms with Crippen molar-refractivity contribution < 1.29 is 37.3 Å². The van der Waals surface area contributed by atoms with Crippen LogP contribution >= 0.6 is 0 Å². The van der Waals surface area contributed by atoms with Gasteiger partial charge in [-0.1, -0.05) is 6.08 Å². The highest BCUT2D eigenvalue weighted by atomic mass is 19.3. The molecule has 1 aliphatic carbocycles. The molecule has 5 atom stereocenters. The van der Waals surface area contributed by atoms with Crippen molar-refractivity contribution in [3.8, 4) is 0 Å². The molecule has 0 radical (unpaired) electrons. The maximum absolute atomic E-state index is 13.9. The maximum atomic E-state index is 13.9. The average Bonchev–Trinajstić information content (AvgIpc) is 3.19. The Morgan fingerprint density at radius 2 is 2.17 bits per heavy atom. The SMILES string of the molecule is COCCCC(F)(F)C(=O)/C=C/C[C@@H]1[C@H]2CC(=O)O[C@H]2C[C@H]1OC1CCCCO1. The number of hydrogen-bond acceptors (Lipinski definition) is 6. The summed E-state index contributed by atoms with van der Waals surface area (Å²) in [6.07, 6.45) is 5.51. The lowest BCUT2D eigenvalue weighted by molar-refractivity contribution is -0.196. The van der Waals surface area contributed by atoms with Gasteiger partial charge in [-0.2, -0.15) is 8.78 Å². The first-order valence-corrected chi connectivity index (χ1v) is 10.4. The molecule has 0 spiro atoms. The number of methoxy groups -OCH3 is 1. The second-order valence-electron chi connectivity index (χ2n) is 8.07. The molecule has 1 unspecified atom stereocenters. The fourth-order valence-electron chi connectivity index (χ4n) is 4.47. The van der Waals surface area contributed by atoms with E-state index in [2.05, 4.69) is 0 Å². The van der Waals surface area contributed by atoms with Crippen LogP contribution in [0.25, 0.3) is 0 Å². The number of fused-ring (bicyclic) bond motifs is 1. The van der Waals surface area contributed by atoms with Gasteiger partial charge in [0.25, 0.3) is 0 Å². The van der Waals surface area contributed by atoms with Crippen LogP contribution in [0, 0.1) is 11.8 Å². The van der Waals surface area contributed by atoms with Crippen LogP contribution in [0.4, 0.5) is 8.78 Å². The molecular formula is C21H30F2O6. The van der Waals surface area contributed by atoms with Gasteiger partial charge in [0, 0.05) is 39.1 Å². The molecule has 0 bridgehead atoms. The predicted octanol–water partition coefficient (Wildman–Crippen LogP) is 3.43. The Balaban J connectivity index is 1.58. The Morgan fingerprint density at radius 3 is 2.90 bits per heavy atom. The number of halogens is 2. The van der Waals surface area contributed by atoms with Gasteiger partial charge in [0.1, 0.15) is 6.10 Å². The fourth-order valence-corrected chi connectivity index (χ4v) is 4.47. The first kappa shape index (κ1) is 22.3. The molecule has 3 fully saturated rings. The molecule has 3 aliphatic rings. The minimum Gasteiger partial charge on any atom is -0.462 e. The third kappa shape index (κ3) is 5.83. The Kier molecular flexibility index (Phi) is 7.76. The largest absolute Gasteiger partial charge is 0.462 e. The maximum Gasteiger partial charge on any atom is 0.309 e.